The number of aromatic nitrogens is 3. The second-order valence-electron chi connectivity index (χ2n) is 8.10. The highest BCUT2D eigenvalue weighted by Gasteiger charge is 2.38. The van der Waals surface area contributed by atoms with Crippen LogP contribution in [0.15, 0.2) is 36.7 Å². The minimum Gasteiger partial charge on any atom is -0.399 e. The van der Waals surface area contributed by atoms with E-state index in [1.165, 1.54) is 6.07 Å². The SMILES string of the molecule is C[C@@H](Nc1cnnc2ncc(N3CC4CC(C3)O4)cc12)c1cc(N)cc(C(F)(F)F)c1. The molecule has 6 rings (SSSR count). The van der Waals surface area contributed by atoms with Crippen molar-refractivity contribution in [2.75, 3.05) is 29.0 Å². The number of nitrogens with one attached hydrogen (secondary N) is 1. The van der Waals surface area contributed by atoms with Gasteiger partial charge in [0, 0.05) is 36.6 Å². The van der Waals surface area contributed by atoms with Crippen LogP contribution in [0.3, 0.4) is 0 Å². The topological polar surface area (TPSA) is 89.2 Å². The number of ether oxygens (including phenoxy) is 1. The molecule has 162 valence electrons. The highest BCUT2D eigenvalue weighted by molar-refractivity contribution is 5.90. The van der Waals surface area contributed by atoms with Crippen molar-refractivity contribution in [3.05, 3.63) is 47.8 Å². The lowest BCUT2D eigenvalue weighted by molar-refractivity contribution is -0.137. The first-order valence-electron chi connectivity index (χ1n) is 10.0. The van der Waals surface area contributed by atoms with Gasteiger partial charge in [-0.25, -0.2) is 4.98 Å². The minimum atomic E-state index is -4.47. The Labute approximate surface area is 176 Å². The summed E-state index contributed by atoms with van der Waals surface area (Å²) in [5.41, 5.74) is 7.49. The summed E-state index contributed by atoms with van der Waals surface area (Å²) in [6.45, 7) is 3.39. The summed E-state index contributed by atoms with van der Waals surface area (Å²) in [4.78, 5) is 6.66. The van der Waals surface area contributed by atoms with E-state index in [1.54, 1.807) is 19.3 Å². The third-order valence-electron chi connectivity index (χ3n) is 5.78. The molecule has 3 aliphatic rings. The van der Waals surface area contributed by atoms with Gasteiger partial charge in [0.05, 0.1) is 41.5 Å². The second-order valence-corrected chi connectivity index (χ2v) is 8.10. The van der Waals surface area contributed by atoms with Crippen LogP contribution in [0.4, 0.5) is 30.2 Å². The number of anilines is 3. The van der Waals surface area contributed by atoms with Gasteiger partial charge in [0.1, 0.15) is 0 Å². The van der Waals surface area contributed by atoms with E-state index in [-0.39, 0.29) is 17.9 Å². The van der Waals surface area contributed by atoms with Gasteiger partial charge in [0.2, 0.25) is 0 Å². The number of hydrogen-bond donors (Lipinski definition) is 2. The molecule has 0 amide bonds. The van der Waals surface area contributed by atoms with Gasteiger partial charge in [-0.05, 0) is 36.8 Å². The van der Waals surface area contributed by atoms with Crippen LogP contribution in [0.25, 0.3) is 11.0 Å². The van der Waals surface area contributed by atoms with Crippen molar-refractivity contribution in [3.63, 3.8) is 0 Å². The normalized spacial score (nSPS) is 21.6. The molecule has 3 fully saturated rings. The van der Waals surface area contributed by atoms with E-state index in [0.29, 0.717) is 16.9 Å². The molecule has 3 saturated heterocycles. The Morgan fingerprint density at radius 2 is 1.90 bits per heavy atom. The number of benzene rings is 1. The number of morpholine rings is 1. The van der Waals surface area contributed by atoms with Crippen LogP contribution in [0.1, 0.15) is 30.5 Å². The van der Waals surface area contributed by atoms with Gasteiger partial charge in [-0.3, -0.25) is 0 Å². The molecule has 0 radical (unpaired) electrons. The molecule has 3 N–H and O–H groups in total. The van der Waals surface area contributed by atoms with Crippen LogP contribution in [0, 0.1) is 0 Å². The lowest BCUT2D eigenvalue weighted by atomic mass is 9.98. The van der Waals surface area contributed by atoms with Crippen LogP contribution < -0.4 is 16.0 Å². The van der Waals surface area contributed by atoms with E-state index in [1.807, 2.05) is 6.07 Å². The van der Waals surface area contributed by atoms with Gasteiger partial charge < -0.3 is 20.7 Å². The smallest absolute Gasteiger partial charge is 0.399 e. The van der Waals surface area contributed by atoms with E-state index in [0.717, 1.165) is 42.7 Å². The average Bonchev–Trinajstić information content (AvgIpc) is 2.72. The molecule has 31 heavy (non-hydrogen) atoms. The number of nitrogen functional groups attached to an aromatic ring is 1. The predicted molar refractivity (Wildman–Crippen MR) is 111 cm³/mol. The Morgan fingerprint density at radius 1 is 1.16 bits per heavy atom. The lowest BCUT2D eigenvalue weighted by Gasteiger charge is -2.47. The summed E-state index contributed by atoms with van der Waals surface area (Å²) < 4.78 is 45.2. The zero-order valence-corrected chi connectivity index (χ0v) is 16.7. The Morgan fingerprint density at radius 3 is 2.61 bits per heavy atom. The first kappa shape index (κ1) is 19.8. The fourth-order valence-corrected chi connectivity index (χ4v) is 4.20. The second kappa shape index (κ2) is 7.23. The monoisotopic (exact) mass is 430 g/mol. The molecule has 2 unspecified atom stereocenters. The first-order chi connectivity index (χ1) is 14.8. The van der Waals surface area contributed by atoms with Crippen LogP contribution in [-0.2, 0) is 10.9 Å². The molecule has 0 aliphatic carbocycles. The Hall–Kier alpha value is -3.14. The van der Waals surface area contributed by atoms with Crippen molar-refractivity contribution >= 4 is 28.1 Å². The minimum absolute atomic E-state index is 0.0611. The molecular weight excluding hydrogens is 409 g/mol. The third-order valence-corrected chi connectivity index (χ3v) is 5.78. The summed E-state index contributed by atoms with van der Waals surface area (Å²) in [5.74, 6) is 0. The molecule has 10 heteroatoms. The maximum absolute atomic E-state index is 13.2. The van der Waals surface area contributed by atoms with Crippen molar-refractivity contribution < 1.29 is 17.9 Å². The fourth-order valence-electron chi connectivity index (χ4n) is 4.20. The maximum Gasteiger partial charge on any atom is 0.416 e. The van der Waals surface area contributed by atoms with Crippen molar-refractivity contribution in [2.24, 2.45) is 0 Å². The molecule has 2 bridgehead atoms. The van der Waals surface area contributed by atoms with Crippen LogP contribution >= 0.6 is 0 Å². The molecule has 0 spiro atoms. The molecule has 3 aliphatic heterocycles. The van der Waals surface area contributed by atoms with Gasteiger partial charge in [-0.15, -0.1) is 5.10 Å². The number of halogens is 3. The molecule has 7 nitrogen and oxygen atoms in total. The summed E-state index contributed by atoms with van der Waals surface area (Å²) in [6.07, 6.45) is 0.462. The van der Waals surface area contributed by atoms with E-state index >= 15 is 0 Å². The van der Waals surface area contributed by atoms with Gasteiger partial charge in [-0.1, -0.05) is 0 Å². The number of fused-ring (bicyclic) bond motifs is 3. The Bertz CT molecular complexity index is 1120. The molecule has 3 aromatic rings. The average molecular weight is 430 g/mol. The van der Waals surface area contributed by atoms with Gasteiger partial charge in [-0.2, -0.15) is 18.3 Å². The standard InChI is InChI=1S/C21H21F3N6O/c1-11(12-2-13(21(22,23)24)4-14(25)3-12)28-19-8-27-29-20-18(19)5-15(7-26-20)30-9-16-6-17(10-30)31-16/h2-5,7-8,11,16-17H,6,9-10,25H2,1H3,(H,26,28,29)/t11-,16?,17?/m1/s1. The summed E-state index contributed by atoms with van der Waals surface area (Å²) in [7, 11) is 0. The van der Waals surface area contributed by atoms with E-state index in [2.05, 4.69) is 25.4 Å². The van der Waals surface area contributed by atoms with Crippen LogP contribution in [-0.4, -0.2) is 40.5 Å². The summed E-state index contributed by atoms with van der Waals surface area (Å²) >= 11 is 0. The van der Waals surface area contributed by atoms with Crippen molar-refractivity contribution in [3.8, 4) is 0 Å². The van der Waals surface area contributed by atoms with Gasteiger partial charge in [0.15, 0.2) is 5.65 Å². The zero-order valence-electron chi connectivity index (χ0n) is 16.7. The Balaban J connectivity index is 1.45. The fraction of sp³-hybridized carbons (Fsp3) is 0.381. The molecule has 1 aromatic carbocycles. The number of rotatable bonds is 4. The van der Waals surface area contributed by atoms with Gasteiger partial charge >= 0.3 is 6.18 Å². The molecular formula is C21H21F3N6O. The number of alkyl halides is 3. The van der Waals surface area contributed by atoms with Crippen LogP contribution in [0.5, 0.6) is 0 Å². The first-order valence-corrected chi connectivity index (χ1v) is 10.0. The highest BCUT2D eigenvalue weighted by Crippen LogP contribution is 2.35. The quantitative estimate of drug-likeness (QED) is 0.609. The van der Waals surface area contributed by atoms with Gasteiger partial charge in [0.25, 0.3) is 0 Å². The molecule has 0 saturated carbocycles. The number of piperidine rings is 1. The Kier molecular flexibility index (Phi) is 4.62. The van der Waals surface area contributed by atoms with Crippen molar-refractivity contribution in [2.45, 2.75) is 37.8 Å². The van der Waals surface area contributed by atoms with Crippen LogP contribution in [0.2, 0.25) is 0 Å². The molecule has 3 atom stereocenters. The summed E-state index contributed by atoms with van der Waals surface area (Å²) in [5, 5.41) is 12.1. The third kappa shape index (κ3) is 3.83. The number of hydrogen-bond acceptors (Lipinski definition) is 7. The number of nitrogens with two attached hydrogens (primary N) is 1. The summed E-state index contributed by atoms with van der Waals surface area (Å²) in [6, 6.07) is 5.11. The highest BCUT2D eigenvalue weighted by atomic mass is 19.4. The maximum atomic E-state index is 13.2. The lowest BCUT2D eigenvalue weighted by Crippen LogP contribution is -2.57. The predicted octanol–water partition coefficient (Wildman–Crippen LogP) is 3.78. The zero-order chi connectivity index (χ0) is 21.8. The van der Waals surface area contributed by atoms with E-state index in [4.69, 9.17) is 10.5 Å². The van der Waals surface area contributed by atoms with E-state index in [9.17, 15) is 13.2 Å². The molecule has 2 aromatic heterocycles. The number of nitrogens with zero attached hydrogens (tertiary/aromatic N) is 4. The van der Waals surface area contributed by atoms with Crippen molar-refractivity contribution in [1.29, 1.82) is 0 Å². The number of pyridine rings is 1. The van der Waals surface area contributed by atoms with E-state index < -0.39 is 17.8 Å². The van der Waals surface area contributed by atoms with Crippen molar-refractivity contribution in [1.82, 2.24) is 15.2 Å². The molecule has 5 heterocycles. The largest absolute Gasteiger partial charge is 0.416 e.